The van der Waals surface area contributed by atoms with Crippen LogP contribution in [0.3, 0.4) is 0 Å². The number of rotatable bonds is 5. The van der Waals surface area contributed by atoms with Crippen molar-refractivity contribution in [2.24, 2.45) is 23.2 Å². The molecule has 1 aromatic carbocycles. The number of hydrogen-bond acceptors (Lipinski definition) is 4. The van der Waals surface area contributed by atoms with Gasteiger partial charge in [0.25, 0.3) is 0 Å². The number of esters is 1. The van der Waals surface area contributed by atoms with Crippen LogP contribution in [0.4, 0.5) is 0 Å². The van der Waals surface area contributed by atoms with Crippen molar-refractivity contribution in [3.63, 3.8) is 0 Å². The summed E-state index contributed by atoms with van der Waals surface area (Å²) in [7, 11) is 1.69. The first-order chi connectivity index (χ1) is 13.0. The first kappa shape index (κ1) is 18.5. The molecule has 4 nitrogen and oxygen atoms in total. The molecule has 3 aliphatic rings. The topological polar surface area (TPSA) is 47.6 Å². The predicted octanol–water partition coefficient (Wildman–Crippen LogP) is 4.10. The molecule has 146 valence electrons. The van der Waals surface area contributed by atoms with Gasteiger partial charge in [0.05, 0.1) is 13.0 Å². The van der Waals surface area contributed by atoms with Crippen LogP contribution in [0.2, 0.25) is 0 Å². The zero-order valence-electron chi connectivity index (χ0n) is 16.5. The maximum Gasteiger partial charge on any atom is 0.310 e. The predicted molar refractivity (Wildman–Crippen MR) is 105 cm³/mol. The summed E-state index contributed by atoms with van der Waals surface area (Å²) < 4.78 is 11.3. The molecule has 27 heavy (non-hydrogen) atoms. The van der Waals surface area contributed by atoms with Gasteiger partial charge in [0.2, 0.25) is 0 Å². The van der Waals surface area contributed by atoms with Gasteiger partial charge in [0.15, 0.2) is 0 Å². The second kappa shape index (κ2) is 7.31. The molecule has 0 aromatic heterocycles. The van der Waals surface area contributed by atoms with Crippen molar-refractivity contribution in [3.05, 3.63) is 42.0 Å². The smallest absolute Gasteiger partial charge is 0.310 e. The lowest BCUT2D eigenvalue weighted by atomic mass is 9.55. The van der Waals surface area contributed by atoms with Crippen LogP contribution in [-0.2, 0) is 16.1 Å². The molecule has 1 aliphatic heterocycles. The molecule has 2 saturated carbocycles. The molecule has 3 fully saturated rings. The minimum atomic E-state index is -0.0519. The summed E-state index contributed by atoms with van der Waals surface area (Å²) in [5.74, 6) is 1.66. The van der Waals surface area contributed by atoms with Crippen molar-refractivity contribution in [3.8, 4) is 5.75 Å². The van der Waals surface area contributed by atoms with Gasteiger partial charge in [-0.15, -0.1) is 0 Å². The SMILES string of the molecule is C=C1CCC[C@]2(C)C[C@H]3OC(=O)[C@@H](CNCc4ccccc4OC)[C@@H]3C[C@@H]12. The largest absolute Gasteiger partial charge is 0.496 e. The average Bonchev–Trinajstić information content (AvgIpc) is 2.94. The van der Waals surface area contributed by atoms with E-state index in [1.807, 2.05) is 18.2 Å². The fraction of sp³-hybridized carbons (Fsp3) is 0.609. The number of carbonyl (C=O) groups excluding carboxylic acids is 1. The van der Waals surface area contributed by atoms with Crippen LogP contribution in [0, 0.1) is 23.2 Å². The Morgan fingerprint density at radius 1 is 1.37 bits per heavy atom. The van der Waals surface area contributed by atoms with Crippen molar-refractivity contribution < 1.29 is 14.3 Å². The van der Waals surface area contributed by atoms with Crippen molar-refractivity contribution in [2.75, 3.05) is 13.7 Å². The lowest BCUT2D eigenvalue weighted by Crippen LogP contribution is -2.45. The Bertz CT molecular complexity index is 730. The van der Waals surface area contributed by atoms with Gasteiger partial charge < -0.3 is 14.8 Å². The lowest BCUT2D eigenvalue weighted by molar-refractivity contribution is -0.146. The Balaban J connectivity index is 1.42. The van der Waals surface area contributed by atoms with Gasteiger partial charge in [-0.1, -0.05) is 37.3 Å². The van der Waals surface area contributed by atoms with Crippen LogP contribution in [0.15, 0.2) is 36.4 Å². The minimum absolute atomic E-state index is 0.0228. The van der Waals surface area contributed by atoms with Crippen LogP contribution < -0.4 is 10.1 Å². The Morgan fingerprint density at radius 3 is 3.00 bits per heavy atom. The van der Waals surface area contributed by atoms with Crippen LogP contribution in [-0.4, -0.2) is 25.7 Å². The fourth-order valence-corrected chi connectivity index (χ4v) is 5.70. The molecule has 4 heteroatoms. The highest BCUT2D eigenvalue weighted by Crippen LogP contribution is 2.56. The number of methoxy groups -OCH3 is 1. The molecule has 0 spiro atoms. The first-order valence-corrected chi connectivity index (χ1v) is 10.2. The number of allylic oxidation sites excluding steroid dienone is 1. The van der Waals surface area contributed by atoms with Gasteiger partial charge in [-0.2, -0.15) is 0 Å². The van der Waals surface area contributed by atoms with E-state index in [1.165, 1.54) is 18.4 Å². The van der Waals surface area contributed by atoms with Gasteiger partial charge in [0.1, 0.15) is 11.9 Å². The molecule has 0 bridgehead atoms. The third-order valence-corrected chi connectivity index (χ3v) is 7.19. The summed E-state index contributed by atoms with van der Waals surface area (Å²) >= 11 is 0. The van der Waals surface area contributed by atoms with E-state index in [-0.39, 0.29) is 23.4 Å². The summed E-state index contributed by atoms with van der Waals surface area (Å²) in [5.41, 5.74) is 2.76. The van der Waals surface area contributed by atoms with Crippen molar-refractivity contribution in [1.82, 2.24) is 5.32 Å². The number of nitrogens with one attached hydrogen (secondary N) is 1. The molecule has 2 aliphatic carbocycles. The van der Waals surface area contributed by atoms with E-state index in [0.29, 0.717) is 24.9 Å². The molecule has 4 rings (SSSR count). The van der Waals surface area contributed by atoms with Crippen molar-refractivity contribution >= 4 is 5.97 Å². The molecule has 1 N–H and O–H groups in total. The fourth-order valence-electron chi connectivity index (χ4n) is 5.70. The average molecular weight is 370 g/mol. The van der Waals surface area contributed by atoms with Gasteiger partial charge in [-0.3, -0.25) is 4.79 Å². The zero-order chi connectivity index (χ0) is 19.0. The van der Waals surface area contributed by atoms with Gasteiger partial charge in [-0.05, 0) is 49.5 Å². The van der Waals surface area contributed by atoms with E-state index >= 15 is 0 Å². The second-order valence-corrected chi connectivity index (χ2v) is 8.85. The number of ether oxygens (including phenoxy) is 2. The molecule has 1 heterocycles. The molecule has 1 saturated heterocycles. The summed E-state index contributed by atoms with van der Waals surface area (Å²) in [4.78, 5) is 12.6. The Labute approximate surface area is 162 Å². The minimum Gasteiger partial charge on any atom is -0.496 e. The summed E-state index contributed by atoms with van der Waals surface area (Å²) in [5, 5.41) is 3.47. The molecular formula is C23H31NO3. The maximum absolute atomic E-state index is 12.6. The van der Waals surface area contributed by atoms with Crippen LogP contribution >= 0.6 is 0 Å². The highest BCUT2D eigenvalue weighted by molar-refractivity contribution is 5.75. The highest BCUT2D eigenvalue weighted by atomic mass is 16.6. The number of para-hydroxylation sites is 1. The molecule has 0 unspecified atom stereocenters. The van der Waals surface area contributed by atoms with Crippen molar-refractivity contribution in [2.45, 2.75) is 51.7 Å². The maximum atomic E-state index is 12.6. The summed E-state index contributed by atoms with van der Waals surface area (Å²) in [6.07, 6.45) is 5.73. The second-order valence-electron chi connectivity index (χ2n) is 8.85. The van der Waals surface area contributed by atoms with Crippen LogP contribution in [0.5, 0.6) is 5.75 Å². The number of benzene rings is 1. The third kappa shape index (κ3) is 3.40. The Morgan fingerprint density at radius 2 is 2.19 bits per heavy atom. The Kier molecular flexibility index (Phi) is 5.02. The van der Waals surface area contributed by atoms with Gasteiger partial charge in [0, 0.05) is 24.6 Å². The van der Waals surface area contributed by atoms with Crippen molar-refractivity contribution in [1.29, 1.82) is 0 Å². The number of fused-ring (bicyclic) bond motifs is 2. The van der Waals surface area contributed by atoms with Crippen LogP contribution in [0.1, 0.15) is 44.6 Å². The standard InChI is InChI=1S/C23H31NO3/c1-15-7-6-10-23(2)12-21-17(11-19(15)23)18(22(25)27-21)14-24-13-16-8-4-5-9-20(16)26-3/h4-5,8-9,17-19,21,24H,1,6-7,10-14H2,2-3H3/t17-,18-,19-,21+,23+/m0/s1. The van der Waals surface area contributed by atoms with Crippen LogP contribution in [0.25, 0.3) is 0 Å². The van der Waals surface area contributed by atoms with E-state index in [9.17, 15) is 4.79 Å². The summed E-state index contributed by atoms with van der Waals surface area (Å²) in [6.45, 7) is 8.10. The van der Waals surface area contributed by atoms with Gasteiger partial charge in [-0.25, -0.2) is 0 Å². The first-order valence-electron chi connectivity index (χ1n) is 10.2. The van der Waals surface area contributed by atoms with E-state index in [1.54, 1.807) is 7.11 Å². The monoisotopic (exact) mass is 369 g/mol. The van der Waals surface area contributed by atoms with E-state index in [2.05, 4.69) is 24.9 Å². The van der Waals surface area contributed by atoms with E-state index < -0.39 is 0 Å². The number of carbonyl (C=O) groups is 1. The zero-order valence-corrected chi connectivity index (χ0v) is 16.5. The quantitative estimate of drug-likeness (QED) is 0.627. The molecule has 1 aromatic rings. The molecule has 5 atom stereocenters. The Hall–Kier alpha value is -1.81. The number of hydrogen-bond donors (Lipinski definition) is 1. The normalized spacial score (nSPS) is 35.3. The van der Waals surface area contributed by atoms with E-state index in [0.717, 1.165) is 30.6 Å². The highest BCUT2D eigenvalue weighted by Gasteiger charge is 2.54. The molecule has 0 radical (unpaired) electrons. The lowest BCUT2D eigenvalue weighted by Gasteiger charge is -2.50. The third-order valence-electron chi connectivity index (χ3n) is 7.19. The molecular weight excluding hydrogens is 338 g/mol. The van der Waals surface area contributed by atoms with Gasteiger partial charge >= 0.3 is 5.97 Å². The van der Waals surface area contributed by atoms with E-state index in [4.69, 9.17) is 9.47 Å². The summed E-state index contributed by atoms with van der Waals surface area (Å²) in [6, 6.07) is 8.00. The molecule has 0 amide bonds.